The Labute approximate surface area is 157 Å². The topological polar surface area (TPSA) is 79.5 Å². The summed E-state index contributed by atoms with van der Waals surface area (Å²) in [5, 5.41) is 16.3. The van der Waals surface area contributed by atoms with Crippen LogP contribution in [0.4, 0.5) is 0 Å². The van der Waals surface area contributed by atoms with Crippen molar-refractivity contribution >= 4 is 22.5 Å². The molecule has 0 aliphatic heterocycles. The molecule has 0 radical (unpaired) electrons. The lowest BCUT2D eigenvalue weighted by Crippen LogP contribution is -2.38. The summed E-state index contributed by atoms with van der Waals surface area (Å²) in [5.41, 5.74) is 3.05. The highest BCUT2D eigenvalue weighted by atomic mass is 15.2. The second-order valence-corrected chi connectivity index (χ2v) is 6.13. The second-order valence-electron chi connectivity index (χ2n) is 6.13. The molecule has 0 aliphatic carbocycles. The summed E-state index contributed by atoms with van der Waals surface area (Å²) in [6, 6.07) is 16.1. The summed E-state index contributed by atoms with van der Waals surface area (Å²) in [6.45, 7) is 1.39. The maximum atomic E-state index is 4.40. The number of hydrogen-bond acceptors (Lipinski definition) is 4. The molecule has 4 rings (SSSR count). The molecule has 3 aromatic heterocycles. The van der Waals surface area contributed by atoms with Crippen molar-refractivity contribution in [2.75, 3.05) is 13.6 Å². The van der Waals surface area contributed by atoms with Crippen LogP contribution in [-0.2, 0) is 13.0 Å². The first-order valence-electron chi connectivity index (χ1n) is 8.91. The van der Waals surface area contributed by atoms with Crippen LogP contribution in [0.25, 0.3) is 16.6 Å². The van der Waals surface area contributed by atoms with Crippen LogP contribution in [0.1, 0.15) is 11.4 Å². The fourth-order valence-corrected chi connectivity index (χ4v) is 3.06. The minimum Gasteiger partial charge on any atom is -0.356 e. The Morgan fingerprint density at radius 3 is 2.85 bits per heavy atom. The summed E-state index contributed by atoms with van der Waals surface area (Å²) in [4.78, 5) is 8.70. The predicted molar refractivity (Wildman–Crippen MR) is 107 cm³/mol. The molecular weight excluding hydrogens is 338 g/mol. The van der Waals surface area contributed by atoms with Gasteiger partial charge in [0.05, 0.1) is 5.52 Å². The lowest BCUT2D eigenvalue weighted by Gasteiger charge is -2.12. The monoisotopic (exact) mass is 359 g/mol. The number of para-hydroxylation sites is 1. The lowest BCUT2D eigenvalue weighted by atomic mass is 10.1. The fourth-order valence-electron chi connectivity index (χ4n) is 3.06. The predicted octanol–water partition coefficient (Wildman–Crippen LogP) is 2.19. The molecule has 0 unspecified atom stereocenters. The SMILES string of the molecule is CN=C(NCCc1nnc2ccccn12)NCc1ccnc2ccccc12. The Bertz CT molecular complexity index is 1080. The molecule has 0 amide bonds. The molecular formula is C20H21N7. The van der Waals surface area contributed by atoms with E-state index in [1.807, 2.05) is 59.3 Å². The summed E-state index contributed by atoms with van der Waals surface area (Å²) < 4.78 is 2.00. The van der Waals surface area contributed by atoms with Crippen molar-refractivity contribution in [1.82, 2.24) is 30.2 Å². The zero-order chi connectivity index (χ0) is 18.5. The molecule has 0 aliphatic rings. The highest BCUT2D eigenvalue weighted by molar-refractivity contribution is 5.83. The van der Waals surface area contributed by atoms with Gasteiger partial charge in [-0.2, -0.15) is 0 Å². The zero-order valence-electron chi connectivity index (χ0n) is 15.1. The van der Waals surface area contributed by atoms with Crippen molar-refractivity contribution in [3.05, 3.63) is 72.3 Å². The summed E-state index contributed by atoms with van der Waals surface area (Å²) >= 11 is 0. The number of guanidine groups is 1. The van der Waals surface area contributed by atoms with Gasteiger partial charge in [-0.25, -0.2) is 0 Å². The molecule has 2 N–H and O–H groups in total. The van der Waals surface area contributed by atoms with E-state index >= 15 is 0 Å². The van der Waals surface area contributed by atoms with Crippen LogP contribution < -0.4 is 10.6 Å². The molecule has 0 atom stereocenters. The van der Waals surface area contributed by atoms with E-state index < -0.39 is 0 Å². The van der Waals surface area contributed by atoms with E-state index in [2.05, 4.69) is 36.9 Å². The third-order valence-electron chi connectivity index (χ3n) is 4.43. The number of pyridine rings is 2. The molecule has 7 heteroatoms. The Hall–Kier alpha value is -3.48. The van der Waals surface area contributed by atoms with E-state index in [4.69, 9.17) is 0 Å². The van der Waals surface area contributed by atoms with Gasteiger partial charge in [0.2, 0.25) is 0 Å². The van der Waals surface area contributed by atoms with Crippen LogP contribution >= 0.6 is 0 Å². The summed E-state index contributed by atoms with van der Waals surface area (Å²) in [6.07, 6.45) is 4.57. The van der Waals surface area contributed by atoms with Crippen molar-refractivity contribution in [3.8, 4) is 0 Å². The number of hydrogen-bond donors (Lipinski definition) is 2. The molecule has 0 saturated carbocycles. The molecule has 3 heterocycles. The first kappa shape index (κ1) is 17.0. The Morgan fingerprint density at radius 1 is 1.04 bits per heavy atom. The van der Waals surface area contributed by atoms with Crippen LogP contribution in [0.2, 0.25) is 0 Å². The van der Waals surface area contributed by atoms with E-state index in [-0.39, 0.29) is 0 Å². The Balaban J connectivity index is 1.36. The summed E-state index contributed by atoms with van der Waals surface area (Å²) in [5.74, 6) is 1.68. The Morgan fingerprint density at radius 2 is 1.93 bits per heavy atom. The quantitative estimate of drug-likeness (QED) is 0.422. The van der Waals surface area contributed by atoms with Crippen LogP contribution in [0.15, 0.2) is 65.9 Å². The van der Waals surface area contributed by atoms with Gasteiger partial charge in [-0.05, 0) is 29.8 Å². The van der Waals surface area contributed by atoms with E-state index in [1.165, 1.54) is 5.56 Å². The van der Waals surface area contributed by atoms with E-state index in [0.717, 1.165) is 34.8 Å². The average molecular weight is 359 g/mol. The van der Waals surface area contributed by atoms with Crippen molar-refractivity contribution in [3.63, 3.8) is 0 Å². The number of fused-ring (bicyclic) bond motifs is 2. The van der Waals surface area contributed by atoms with Gasteiger partial charge in [0.15, 0.2) is 11.6 Å². The standard InChI is InChI=1S/C20H21N7/c1-21-20(23-12-10-19-26-25-18-8-4-5-13-27(18)19)24-14-15-9-11-22-17-7-3-2-6-16(15)17/h2-9,11,13H,10,12,14H2,1H3,(H2,21,23,24). The minimum atomic E-state index is 0.677. The molecule has 4 aromatic rings. The van der Waals surface area contributed by atoms with Gasteiger partial charge in [-0.1, -0.05) is 24.3 Å². The molecule has 0 bridgehead atoms. The number of nitrogens with one attached hydrogen (secondary N) is 2. The van der Waals surface area contributed by atoms with Gasteiger partial charge in [-0.15, -0.1) is 10.2 Å². The van der Waals surface area contributed by atoms with Gasteiger partial charge in [0.1, 0.15) is 5.82 Å². The molecule has 27 heavy (non-hydrogen) atoms. The lowest BCUT2D eigenvalue weighted by molar-refractivity contribution is 0.762. The zero-order valence-corrected chi connectivity index (χ0v) is 15.1. The molecule has 1 aromatic carbocycles. The minimum absolute atomic E-state index is 0.677. The average Bonchev–Trinajstić information content (AvgIpc) is 3.13. The van der Waals surface area contributed by atoms with Crippen molar-refractivity contribution in [1.29, 1.82) is 0 Å². The smallest absolute Gasteiger partial charge is 0.191 e. The number of benzene rings is 1. The van der Waals surface area contributed by atoms with Crippen LogP contribution in [0, 0.1) is 0 Å². The first-order valence-corrected chi connectivity index (χ1v) is 8.91. The first-order chi connectivity index (χ1) is 13.3. The summed E-state index contributed by atoms with van der Waals surface area (Å²) in [7, 11) is 1.77. The van der Waals surface area contributed by atoms with E-state index in [1.54, 1.807) is 7.05 Å². The third kappa shape index (κ3) is 3.72. The van der Waals surface area contributed by atoms with Crippen molar-refractivity contribution < 1.29 is 0 Å². The van der Waals surface area contributed by atoms with Gasteiger partial charge < -0.3 is 10.6 Å². The van der Waals surface area contributed by atoms with E-state index in [0.29, 0.717) is 13.1 Å². The van der Waals surface area contributed by atoms with Gasteiger partial charge in [-0.3, -0.25) is 14.4 Å². The van der Waals surface area contributed by atoms with Gasteiger partial charge in [0, 0.05) is 44.3 Å². The molecule has 136 valence electrons. The van der Waals surface area contributed by atoms with Gasteiger partial charge >= 0.3 is 0 Å². The van der Waals surface area contributed by atoms with Crippen molar-refractivity contribution in [2.24, 2.45) is 4.99 Å². The van der Waals surface area contributed by atoms with Crippen molar-refractivity contribution in [2.45, 2.75) is 13.0 Å². The number of rotatable bonds is 5. The maximum absolute atomic E-state index is 4.40. The normalized spacial score (nSPS) is 11.8. The molecule has 0 saturated heterocycles. The van der Waals surface area contributed by atoms with Crippen LogP contribution in [0.5, 0.6) is 0 Å². The molecule has 0 fully saturated rings. The molecule has 0 spiro atoms. The molecule has 7 nitrogen and oxygen atoms in total. The highest BCUT2D eigenvalue weighted by Crippen LogP contribution is 2.15. The second kappa shape index (κ2) is 7.82. The fraction of sp³-hybridized carbons (Fsp3) is 0.200. The number of aromatic nitrogens is 4. The van der Waals surface area contributed by atoms with Crippen LogP contribution in [-0.4, -0.2) is 39.1 Å². The third-order valence-corrected chi connectivity index (χ3v) is 4.43. The number of aliphatic imine (C=N–C) groups is 1. The highest BCUT2D eigenvalue weighted by Gasteiger charge is 2.06. The largest absolute Gasteiger partial charge is 0.356 e. The number of nitrogens with zero attached hydrogens (tertiary/aromatic N) is 5. The van der Waals surface area contributed by atoms with Gasteiger partial charge in [0.25, 0.3) is 0 Å². The van der Waals surface area contributed by atoms with Crippen LogP contribution in [0.3, 0.4) is 0 Å². The maximum Gasteiger partial charge on any atom is 0.191 e. The van der Waals surface area contributed by atoms with E-state index in [9.17, 15) is 0 Å². The Kier molecular flexibility index (Phi) is 4.91.